The lowest BCUT2D eigenvalue weighted by molar-refractivity contribution is -0.156. The minimum atomic E-state index is -0.617. The van der Waals surface area contributed by atoms with Crippen LogP contribution in [0.2, 0.25) is 0 Å². The fourth-order valence-electron chi connectivity index (χ4n) is 3.74. The van der Waals surface area contributed by atoms with Crippen LogP contribution in [0.25, 0.3) is 0 Å². The highest BCUT2D eigenvalue weighted by molar-refractivity contribution is 6.07. The number of hydrogen-bond acceptors (Lipinski definition) is 9. The van der Waals surface area contributed by atoms with Gasteiger partial charge in [-0.25, -0.2) is 4.98 Å². The Bertz CT molecular complexity index is 1330. The van der Waals surface area contributed by atoms with Crippen LogP contribution in [0.1, 0.15) is 63.4 Å². The van der Waals surface area contributed by atoms with E-state index in [1.54, 1.807) is 64.4 Å². The van der Waals surface area contributed by atoms with Gasteiger partial charge in [-0.1, -0.05) is 19.9 Å². The molecule has 0 unspecified atom stereocenters. The number of amides is 2. The van der Waals surface area contributed by atoms with Crippen LogP contribution in [0.5, 0.6) is 0 Å². The molecule has 3 aromatic rings. The van der Waals surface area contributed by atoms with E-state index in [0.717, 1.165) is 18.4 Å². The minimum absolute atomic E-state index is 0.0400. The van der Waals surface area contributed by atoms with Gasteiger partial charge in [0.05, 0.1) is 6.42 Å². The summed E-state index contributed by atoms with van der Waals surface area (Å²) < 4.78 is 5.30. The summed E-state index contributed by atoms with van der Waals surface area (Å²) in [7, 11) is 0. The zero-order chi connectivity index (χ0) is 29.8. The molecule has 0 saturated carbocycles. The summed E-state index contributed by atoms with van der Waals surface area (Å²) in [4.78, 5) is 50.8. The highest BCUT2D eigenvalue weighted by atomic mass is 16.6. The third kappa shape index (κ3) is 10.5. The van der Waals surface area contributed by atoms with E-state index in [1.807, 2.05) is 19.1 Å². The first-order valence-electron chi connectivity index (χ1n) is 13.7. The van der Waals surface area contributed by atoms with E-state index >= 15 is 0 Å². The highest BCUT2D eigenvalue weighted by Crippen LogP contribution is 2.21. The number of ether oxygens (including phenoxy) is 1. The van der Waals surface area contributed by atoms with E-state index < -0.39 is 23.4 Å². The van der Waals surface area contributed by atoms with Gasteiger partial charge >= 0.3 is 5.97 Å². The zero-order valence-electron chi connectivity index (χ0n) is 24.3. The van der Waals surface area contributed by atoms with Gasteiger partial charge in [0.2, 0.25) is 11.9 Å². The third-order valence-corrected chi connectivity index (χ3v) is 5.75. The Morgan fingerprint density at radius 1 is 0.976 bits per heavy atom. The zero-order valence-corrected chi connectivity index (χ0v) is 24.3. The smallest absolute Gasteiger partial charge is 0.307 e. The SMILES string of the molecule is CCCNc1nc(NCCc2ccncc2)ncc1C(=O)Nc1cccc(NC(=O)[C@H](C)CC(=O)OC(C)(C)C)c1. The van der Waals surface area contributed by atoms with E-state index in [1.165, 1.54) is 6.20 Å². The number of hydrogen-bond donors (Lipinski definition) is 4. The number of carbonyl (C=O) groups is 3. The van der Waals surface area contributed by atoms with Crippen LogP contribution in [0.4, 0.5) is 23.1 Å². The van der Waals surface area contributed by atoms with E-state index in [-0.39, 0.29) is 12.3 Å². The molecule has 0 aliphatic heterocycles. The molecule has 2 aromatic heterocycles. The van der Waals surface area contributed by atoms with Crippen LogP contribution in [0, 0.1) is 5.92 Å². The lowest BCUT2D eigenvalue weighted by Crippen LogP contribution is -2.28. The maximum atomic E-state index is 13.2. The quantitative estimate of drug-likeness (QED) is 0.214. The summed E-state index contributed by atoms with van der Waals surface area (Å²) in [5.74, 6) is -0.916. The molecule has 1 atom stereocenters. The van der Waals surface area contributed by atoms with E-state index in [4.69, 9.17) is 4.74 Å². The minimum Gasteiger partial charge on any atom is -0.460 e. The van der Waals surface area contributed by atoms with Crippen molar-refractivity contribution in [3.8, 4) is 0 Å². The van der Waals surface area contributed by atoms with Crippen LogP contribution in [-0.2, 0) is 20.7 Å². The number of aromatic nitrogens is 3. The Morgan fingerprint density at radius 3 is 2.37 bits per heavy atom. The number of nitrogens with zero attached hydrogens (tertiary/aromatic N) is 3. The lowest BCUT2D eigenvalue weighted by atomic mass is 10.1. The third-order valence-electron chi connectivity index (χ3n) is 5.75. The predicted octanol–water partition coefficient (Wildman–Crippen LogP) is 4.91. The molecule has 0 saturated heterocycles. The molecule has 0 aliphatic rings. The maximum absolute atomic E-state index is 13.2. The lowest BCUT2D eigenvalue weighted by Gasteiger charge is -2.20. The van der Waals surface area contributed by atoms with Crippen molar-refractivity contribution >= 4 is 40.9 Å². The fraction of sp³-hybridized carbons (Fsp3) is 0.400. The number of rotatable bonds is 13. The van der Waals surface area contributed by atoms with Gasteiger partial charge in [-0.05, 0) is 69.5 Å². The fourth-order valence-corrected chi connectivity index (χ4v) is 3.74. The molecule has 2 amide bonds. The molecule has 4 N–H and O–H groups in total. The van der Waals surface area contributed by atoms with Crippen LogP contribution in [0.15, 0.2) is 55.0 Å². The molecule has 0 radical (unpaired) electrons. The first-order valence-corrected chi connectivity index (χ1v) is 13.7. The molecule has 1 aromatic carbocycles. The topological polar surface area (TPSA) is 147 Å². The molecule has 218 valence electrons. The molecule has 0 spiro atoms. The van der Waals surface area contributed by atoms with Crippen LogP contribution >= 0.6 is 0 Å². The Balaban J connectivity index is 1.63. The molecule has 0 fully saturated rings. The number of carbonyl (C=O) groups excluding carboxylic acids is 3. The van der Waals surface area contributed by atoms with Crippen molar-refractivity contribution in [2.24, 2.45) is 5.92 Å². The van der Waals surface area contributed by atoms with Crippen molar-refractivity contribution in [1.82, 2.24) is 15.0 Å². The van der Waals surface area contributed by atoms with Crippen LogP contribution in [-0.4, -0.2) is 51.4 Å². The van der Waals surface area contributed by atoms with Crippen molar-refractivity contribution in [1.29, 1.82) is 0 Å². The normalized spacial score (nSPS) is 11.7. The largest absolute Gasteiger partial charge is 0.460 e. The summed E-state index contributed by atoms with van der Waals surface area (Å²) in [5.41, 5.74) is 1.78. The average molecular weight is 562 g/mol. The van der Waals surface area contributed by atoms with Gasteiger partial charge in [-0.2, -0.15) is 4.98 Å². The van der Waals surface area contributed by atoms with Crippen LogP contribution in [0.3, 0.4) is 0 Å². The molecular weight excluding hydrogens is 522 g/mol. The summed E-state index contributed by atoms with van der Waals surface area (Å²) >= 11 is 0. The number of pyridine rings is 1. The Labute approximate surface area is 240 Å². The molecule has 3 rings (SSSR count). The summed E-state index contributed by atoms with van der Waals surface area (Å²) in [6.45, 7) is 10.3. The van der Waals surface area contributed by atoms with Gasteiger partial charge in [0, 0.05) is 49.0 Å². The van der Waals surface area contributed by atoms with Crippen molar-refractivity contribution < 1.29 is 19.1 Å². The number of esters is 1. The van der Waals surface area contributed by atoms with Crippen molar-refractivity contribution in [2.45, 2.75) is 59.5 Å². The number of nitrogens with one attached hydrogen (secondary N) is 4. The Hall–Kier alpha value is -4.54. The van der Waals surface area contributed by atoms with Gasteiger partial charge in [0.1, 0.15) is 17.0 Å². The molecular formula is C30H39N7O4. The van der Waals surface area contributed by atoms with Gasteiger partial charge in [-0.15, -0.1) is 0 Å². The molecule has 11 heteroatoms. The monoisotopic (exact) mass is 561 g/mol. The van der Waals surface area contributed by atoms with Crippen LogP contribution < -0.4 is 21.3 Å². The molecule has 0 bridgehead atoms. The second-order valence-electron chi connectivity index (χ2n) is 10.6. The predicted molar refractivity (Wildman–Crippen MR) is 160 cm³/mol. The summed E-state index contributed by atoms with van der Waals surface area (Å²) in [6, 6.07) is 10.7. The van der Waals surface area contributed by atoms with Gasteiger partial charge in [0.15, 0.2) is 0 Å². The molecule has 11 nitrogen and oxygen atoms in total. The molecule has 2 heterocycles. The maximum Gasteiger partial charge on any atom is 0.307 e. The molecule has 0 aliphatic carbocycles. The van der Waals surface area contributed by atoms with E-state index in [0.29, 0.717) is 41.8 Å². The highest BCUT2D eigenvalue weighted by Gasteiger charge is 2.22. The van der Waals surface area contributed by atoms with Gasteiger partial charge in [0.25, 0.3) is 5.91 Å². The first-order chi connectivity index (χ1) is 19.5. The summed E-state index contributed by atoms with van der Waals surface area (Å²) in [6.07, 6.45) is 6.58. The summed E-state index contributed by atoms with van der Waals surface area (Å²) in [5, 5.41) is 12.0. The number of anilines is 4. The van der Waals surface area contributed by atoms with E-state index in [9.17, 15) is 14.4 Å². The van der Waals surface area contributed by atoms with Gasteiger partial charge < -0.3 is 26.0 Å². The van der Waals surface area contributed by atoms with Gasteiger partial charge in [-0.3, -0.25) is 19.4 Å². The van der Waals surface area contributed by atoms with Crippen molar-refractivity contribution in [2.75, 3.05) is 34.4 Å². The second kappa shape index (κ2) is 14.7. The van der Waals surface area contributed by atoms with Crippen molar-refractivity contribution in [3.05, 3.63) is 66.1 Å². The Kier molecular flexibility index (Phi) is 11.1. The standard InChI is InChI=1S/C30H39N7O4/c1-6-13-32-26-24(19-34-29(37-26)33-16-12-21-10-14-31-15-11-21)28(40)36-23-9-7-8-22(18-23)35-27(39)20(2)17-25(38)41-30(3,4)5/h7-11,14-15,18-20H,6,12-13,16-17H2,1-5H3,(H,35,39)(H,36,40)(H2,32,33,34,37)/t20-/m1/s1. The number of benzene rings is 1. The molecule has 41 heavy (non-hydrogen) atoms. The first kappa shape index (κ1) is 31.0. The average Bonchev–Trinajstić information content (AvgIpc) is 2.91. The van der Waals surface area contributed by atoms with E-state index in [2.05, 4.69) is 36.2 Å². The van der Waals surface area contributed by atoms with Crippen molar-refractivity contribution in [3.63, 3.8) is 0 Å². The Morgan fingerprint density at radius 2 is 1.68 bits per heavy atom. The second-order valence-corrected chi connectivity index (χ2v) is 10.6.